The third kappa shape index (κ3) is 3.59. The molecule has 0 aliphatic carbocycles. The van der Waals surface area contributed by atoms with E-state index in [1.807, 2.05) is 11.8 Å². The van der Waals surface area contributed by atoms with Gasteiger partial charge in [0.1, 0.15) is 11.4 Å². The molecule has 0 aromatic carbocycles. The van der Waals surface area contributed by atoms with Crippen molar-refractivity contribution in [3.63, 3.8) is 0 Å². The molecule has 0 saturated carbocycles. The van der Waals surface area contributed by atoms with Gasteiger partial charge in [0.2, 0.25) is 0 Å². The number of hydrogen-bond acceptors (Lipinski definition) is 10. The summed E-state index contributed by atoms with van der Waals surface area (Å²) in [7, 11) is 3.50. The molecule has 0 N–H and O–H groups in total. The number of methoxy groups -OCH3 is 3. The minimum absolute atomic E-state index is 0.0300. The Bertz CT molecular complexity index is 710. The number of carbonyl (C=O) groups is 3. The summed E-state index contributed by atoms with van der Waals surface area (Å²) in [5.41, 5.74) is -0.110. The fourth-order valence-electron chi connectivity index (χ4n) is 2.64. The highest BCUT2D eigenvalue weighted by atomic mass is 32.2. The van der Waals surface area contributed by atoms with E-state index in [2.05, 4.69) is 9.97 Å². The largest absolute Gasteiger partial charge is 0.468 e. The smallest absolute Gasteiger partial charge is 0.343 e. The van der Waals surface area contributed by atoms with Crippen LogP contribution in [0.15, 0.2) is 5.16 Å². The normalized spacial score (nSPS) is 16.1. The molecule has 10 heteroatoms. The molecule has 1 fully saturated rings. The van der Waals surface area contributed by atoms with Gasteiger partial charge < -0.3 is 19.1 Å². The Morgan fingerprint density at radius 3 is 2.12 bits per heavy atom. The molecule has 1 saturated heterocycles. The van der Waals surface area contributed by atoms with Gasteiger partial charge in [-0.15, -0.1) is 0 Å². The van der Waals surface area contributed by atoms with Crippen molar-refractivity contribution in [1.82, 2.24) is 9.97 Å². The van der Waals surface area contributed by atoms with E-state index in [0.29, 0.717) is 17.5 Å². The second-order valence-corrected chi connectivity index (χ2v) is 6.37. The SMILES string of the molecule is COC(=O)c1c(C(C(=O)OC)C(=O)OC)nc(SC)nc1N1CC[C@H]1C. The van der Waals surface area contributed by atoms with Crippen molar-refractivity contribution in [1.29, 1.82) is 0 Å². The van der Waals surface area contributed by atoms with Gasteiger partial charge in [-0.3, -0.25) is 9.59 Å². The van der Waals surface area contributed by atoms with E-state index >= 15 is 0 Å². The van der Waals surface area contributed by atoms with E-state index in [1.165, 1.54) is 18.9 Å². The summed E-state index contributed by atoms with van der Waals surface area (Å²) in [6.07, 6.45) is 2.69. The van der Waals surface area contributed by atoms with Gasteiger partial charge in [-0.2, -0.15) is 0 Å². The van der Waals surface area contributed by atoms with Crippen LogP contribution >= 0.6 is 11.8 Å². The summed E-state index contributed by atoms with van der Waals surface area (Å²) >= 11 is 1.23. The minimum Gasteiger partial charge on any atom is -0.468 e. The van der Waals surface area contributed by atoms with Gasteiger partial charge in [0.25, 0.3) is 0 Å². The van der Waals surface area contributed by atoms with Crippen LogP contribution in [0.2, 0.25) is 0 Å². The topological polar surface area (TPSA) is 108 Å². The number of thioether (sulfide) groups is 1. The van der Waals surface area contributed by atoms with Crippen LogP contribution in [-0.4, -0.2) is 68.0 Å². The summed E-state index contributed by atoms with van der Waals surface area (Å²) in [5, 5.41) is 0.319. The Balaban J connectivity index is 2.76. The summed E-state index contributed by atoms with van der Waals surface area (Å²) in [4.78, 5) is 47.6. The molecule has 9 nitrogen and oxygen atoms in total. The highest BCUT2D eigenvalue weighted by Crippen LogP contribution is 2.34. The Labute approximate surface area is 155 Å². The van der Waals surface area contributed by atoms with E-state index in [9.17, 15) is 14.4 Å². The molecule has 1 aliphatic rings. The number of rotatable bonds is 6. The standard InChI is InChI=1S/C16H21N3O6S/c1-8-6-7-19(8)12-9(13(20)23-2)11(17-16(18-12)26-5)10(14(21)24-3)15(22)25-4/h8,10H,6-7H2,1-5H3/t8-/m1/s1. The van der Waals surface area contributed by atoms with Crippen molar-refractivity contribution < 1.29 is 28.6 Å². The molecule has 2 rings (SSSR count). The van der Waals surface area contributed by atoms with Gasteiger partial charge in [0.15, 0.2) is 11.1 Å². The lowest BCUT2D eigenvalue weighted by Crippen LogP contribution is -2.47. The number of nitrogens with zero attached hydrogens (tertiary/aromatic N) is 3. The molecular formula is C16H21N3O6S. The Morgan fingerprint density at radius 1 is 1.12 bits per heavy atom. The molecule has 1 aliphatic heterocycles. The van der Waals surface area contributed by atoms with E-state index in [1.54, 1.807) is 6.26 Å². The van der Waals surface area contributed by atoms with Crippen molar-refractivity contribution in [3.05, 3.63) is 11.3 Å². The summed E-state index contributed by atoms with van der Waals surface area (Å²) in [6, 6.07) is 0.158. The number of carbonyl (C=O) groups excluding carboxylic acids is 3. The van der Waals surface area contributed by atoms with E-state index < -0.39 is 23.8 Å². The third-order valence-corrected chi connectivity index (χ3v) is 4.76. The molecule has 2 heterocycles. The Morgan fingerprint density at radius 2 is 1.73 bits per heavy atom. The zero-order chi connectivity index (χ0) is 19.4. The second kappa shape index (κ2) is 8.35. The van der Waals surface area contributed by atoms with Crippen molar-refractivity contribution in [3.8, 4) is 0 Å². The Kier molecular flexibility index (Phi) is 6.41. The number of esters is 3. The maximum Gasteiger partial charge on any atom is 0.343 e. The lowest BCUT2D eigenvalue weighted by molar-refractivity contribution is -0.154. The van der Waals surface area contributed by atoms with Crippen LogP contribution in [0.1, 0.15) is 35.3 Å². The summed E-state index contributed by atoms with van der Waals surface area (Å²) in [6.45, 7) is 2.68. The highest BCUT2D eigenvalue weighted by molar-refractivity contribution is 7.98. The molecular weight excluding hydrogens is 362 g/mol. The monoisotopic (exact) mass is 383 g/mol. The van der Waals surface area contributed by atoms with E-state index in [-0.39, 0.29) is 17.3 Å². The van der Waals surface area contributed by atoms with E-state index in [0.717, 1.165) is 20.6 Å². The van der Waals surface area contributed by atoms with Crippen LogP contribution in [0, 0.1) is 0 Å². The first-order valence-corrected chi connectivity index (χ1v) is 9.08. The van der Waals surface area contributed by atoms with Gasteiger partial charge in [-0.1, -0.05) is 11.8 Å². The van der Waals surface area contributed by atoms with Gasteiger partial charge >= 0.3 is 17.9 Å². The fourth-order valence-corrected chi connectivity index (χ4v) is 3.00. The zero-order valence-electron chi connectivity index (χ0n) is 15.3. The first-order chi connectivity index (χ1) is 12.4. The van der Waals surface area contributed by atoms with Crippen LogP contribution in [-0.2, 0) is 23.8 Å². The predicted octanol–water partition coefficient (Wildman–Crippen LogP) is 1.01. The van der Waals surface area contributed by atoms with Crippen LogP contribution < -0.4 is 4.90 Å². The minimum atomic E-state index is -1.51. The van der Waals surface area contributed by atoms with Crippen LogP contribution in [0.25, 0.3) is 0 Å². The molecule has 1 atom stereocenters. The summed E-state index contributed by atoms with van der Waals surface area (Å²) < 4.78 is 14.3. The number of aromatic nitrogens is 2. The van der Waals surface area contributed by atoms with Crippen LogP contribution in [0.5, 0.6) is 0 Å². The van der Waals surface area contributed by atoms with Crippen molar-refractivity contribution in [2.24, 2.45) is 0 Å². The molecule has 0 spiro atoms. The number of anilines is 1. The average Bonchev–Trinajstić information content (AvgIpc) is 2.65. The van der Waals surface area contributed by atoms with Crippen molar-refractivity contribution in [2.75, 3.05) is 39.0 Å². The molecule has 0 bridgehead atoms. The predicted molar refractivity (Wildman–Crippen MR) is 93.4 cm³/mol. The molecule has 0 unspecified atom stereocenters. The summed E-state index contributed by atoms with van der Waals surface area (Å²) in [5.74, 6) is -3.67. The number of hydrogen-bond donors (Lipinski definition) is 0. The van der Waals surface area contributed by atoms with E-state index in [4.69, 9.17) is 14.2 Å². The van der Waals surface area contributed by atoms with Gasteiger partial charge in [0.05, 0.1) is 27.0 Å². The average molecular weight is 383 g/mol. The first kappa shape index (κ1) is 20.0. The lowest BCUT2D eigenvalue weighted by atomic mass is 9.97. The number of ether oxygens (including phenoxy) is 3. The fraction of sp³-hybridized carbons (Fsp3) is 0.562. The Hall–Kier alpha value is -2.36. The first-order valence-electron chi connectivity index (χ1n) is 7.86. The van der Waals surface area contributed by atoms with Crippen LogP contribution in [0.3, 0.4) is 0 Å². The molecule has 0 radical (unpaired) electrons. The van der Waals surface area contributed by atoms with Crippen molar-refractivity contribution >= 4 is 35.5 Å². The molecule has 1 aromatic heterocycles. The quantitative estimate of drug-likeness (QED) is 0.232. The van der Waals surface area contributed by atoms with Crippen molar-refractivity contribution in [2.45, 2.75) is 30.5 Å². The van der Waals surface area contributed by atoms with Gasteiger partial charge in [-0.25, -0.2) is 14.8 Å². The molecule has 26 heavy (non-hydrogen) atoms. The lowest BCUT2D eigenvalue weighted by Gasteiger charge is -2.40. The molecule has 1 aromatic rings. The zero-order valence-corrected chi connectivity index (χ0v) is 16.1. The third-order valence-electron chi connectivity index (χ3n) is 4.21. The molecule has 142 valence electrons. The van der Waals surface area contributed by atoms with Gasteiger partial charge in [0, 0.05) is 12.6 Å². The maximum absolute atomic E-state index is 12.5. The second-order valence-electron chi connectivity index (χ2n) is 5.60. The maximum atomic E-state index is 12.5. The molecule has 0 amide bonds. The van der Waals surface area contributed by atoms with Crippen LogP contribution in [0.4, 0.5) is 5.82 Å². The highest BCUT2D eigenvalue weighted by Gasteiger charge is 2.40. The van der Waals surface area contributed by atoms with Gasteiger partial charge in [-0.05, 0) is 19.6 Å².